The summed E-state index contributed by atoms with van der Waals surface area (Å²) in [6, 6.07) is 10.0. The molecule has 9 nitrogen and oxygen atoms in total. The summed E-state index contributed by atoms with van der Waals surface area (Å²) in [6.07, 6.45) is 0. The van der Waals surface area contributed by atoms with Gasteiger partial charge < -0.3 is 20.1 Å². The largest absolute Gasteiger partial charge is 0.486 e. The van der Waals surface area contributed by atoms with E-state index in [0.29, 0.717) is 30.4 Å². The average molecular weight is 433 g/mol. The number of anilines is 1. The lowest BCUT2D eigenvalue weighted by Crippen LogP contribution is -2.44. The monoisotopic (exact) mass is 433 g/mol. The lowest BCUT2D eigenvalue weighted by atomic mass is 10.2. The standard InChI is InChI=1S/C20H23N3O6S/c1-13(23-30(26,27)17-6-4-16(5-7-17)22-14(2)24)20(25)21-12-15-3-8-18-19(11-15)29-10-9-28-18/h3-8,11,13,23H,9-10,12H2,1-2H3,(H,21,25)(H,22,24)/t13-/m0/s1. The van der Waals surface area contributed by atoms with Crippen LogP contribution in [0.3, 0.4) is 0 Å². The van der Waals surface area contributed by atoms with Gasteiger partial charge in [-0.3, -0.25) is 9.59 Å². The molecule has 1 atom stereocenters. The minimum absolute atomic E-state index is 0.0110. The van der Waals surface area contributed by atoms with E-state index in [4.69, 9.17) is 9.47 Å². The third kappa shape index (κ3) is 5.49. The Morgan fingerprint density at radius 1 is 1.03 bits per heavy atom. The van der Waals surface area contributed by atoms with Gasteiger partial charge >= 0.3 is 0 Å². The molecular weight excluding hydrogens is 410 g/mol. The van der Waals surface area contributed by atoms with Gasteiger partial charge in [0.1, 0.15) is 13.2 Å². The zero-order valence-corrected chi connectivity index (χ0v) is 17.4. The van der Waals surface area contributed by atoms with Crippen molar-refractivity contribution in [2.45, 2.75) is 31.3 Å². The Bertz CT molecular complexity index is 1040. The second kappa shape index (κ2) is 9.14. The van der Waals surface area contributed by atoms with Gasteiger partial charge in [-0.25, -0.2) is 8.42 Å². The average Bonchev–Trinajstić information content (AvgIpc) is 2.71. The van der Waals surface area contributed by atoms with Gasteiger partial charge in [-0.1, -0.05) is 6.07 Å². The molecule has 0 aromatic heterocycles. The fraction of sp³-hybridized carbons (Fsp3) is 0.300. The van der Waals surface area contributed by atoms with Crippen LogP contribution in [0.25, 0.3) is 0 Å². The molecule has 30 heavy (non-hydrogen) atoms. The molecule has 160 valence electrons. The summed E-state index contributed by atoms with van der Waals surface area (Å²) >= 11 is 0. The van der Waals surface area contributed by atoms with Gasteiger partial charge in [-0.05, 0) is 48.9 Å². The van der Waals surface area contributed by atoms with E-state index in [1.807, 2.05) is 0 Å². The summed E-state index contributed by atoms with van der Waals surface area (Å²) < 4.78 is 38.3. The number of rotatable bonds is 7. The highest BCUT2D eigenvalue weighted by Gasteiger charge is 2.22. The summed E-state index contributed by atoms with van der Waals surface area (Å²) in [6.45, 7) is 4.00. The summed E-state index contributed by atoms with van der Waals surface area (Å²) in [7, 11) is -3.90. The molecule has 0 spiro atoms. The van der Waals surface area contributed by atoms with Crippen LogP contribution in [-0.4, -0.2) is 39.5 Å². The predicted molar refractivity (Wildman–Crippen MR) is 110 cm³/mol. The molecule has 1 heterocycles. The third-order valence-electron chi connectivity index (χ3n) is 4.28. The Hall–Kier alpha value is -3.11. The maximum absolute atomic E-state index is 12.5. The number of carbonyl (C=O) groups is 2. The van der Waals surface area contributed by atoms with Gasteiger partial charge in [-0.15, -0.1) is 0 Å². The van der Waals surface area contributed by atoms with E-state index in [-0.39, 0.29) is 17.3 Å². The first-order valence-electron chi connectivity index (χ1n) is 9.31. The molecule has 3 rings (SSSR count). The smallest absolute Gasteiger partial charge is 0.241 e. The highest BCUT2D eigenvalue weighted by molar-refractivity contribution is 7.89. The van der Waals surface area contributed by atoms with Crippen LogP contribution in [0, 0.1) is 0 Å². The quantitative estimate of drug-likeness (QED) is 0.607. The number of fused-ring (bicyclic) bond motifs is 1. The first-order chi connectivity index (χ1) is 14.2. The molecule has 0 bridgehead atoms. The van der Waals surface area contributed by atoms with Crippen molar-refractivity contribution in [3.63, 3.8) is 0 Å². The second-order valence-corrected chi connectivity index (χ2v) is 8.46. The second-order valence-electron chi connectivity index (χ2n) is 6.74. The summed E-state index contributed by atoms with van der Waals surface area (Å²) in [5.74, 6) is 0.543. The Kier molecular flexibility index (Phi) is 6.58. The number of hydrogen-bond donors (Lipinski definition) is 3. The molecule has 1 aliphatic heterocycles. The molecule has 2 aromatic carbocycles. The Balaban J connectivity index is 1.57. The minimum atomic E-state index is -3.90. The highest BCUT2D eigenvalue weighted by atomic mass is 32.2. The number of ether oxygens (including phenoxy) is 2. The number of sulfonamides is 1. The Labute approximate surface area is 174 Å². The van der Waals surface area contributed by atoms with Crippen LogP contribution in [0.15, 0.2) is 47.4 Å². The molecule has 0 fully saturated rings. The Morgan fingerprint density at radius 2 is 1.70 bits per heavy atom. The summed E-state index contributed by atoms with van der Waals surface area (Å²) in [5.41, 5.74) is 1.28. The summed E-state index contributed by atoms with van der Waals surface area (Å²) in [4.78, 5) is 23.4. The van der Waals surface area contributed by atoms with Gasteiger partial charge in [0.15, 0.2) is 11.5 Å². The van der Waals surface area contributed by atoms with E-state index >= 15 is 0 Å². The van der Waals surface area contributed by atoms with E-state index in [9.17, 15) is 18.0 Å². The SMILES string of the molecule is CC(=O)Nc1ccc(S(=O)(=O)N[C@@H](C)C(=O)NCc2ccc3c(c2)OCCO3)cc1. The van der Waals surface area contributed by atoms with Crippen LogP contribution in [0.2, 0.25) is 0 Å². The summed E-state index contributed by atoms with van der Waals surface area (Å²) in [5, 5.41) is 5.26. The van der Waals surface area contributed by atoms with Gasteiger partial charge in [-0.2, -0.15) is 4.72 Å². The van der Waals surface area contributed by atoms with Crippen molar-refractivity contribution < 1.29 is 27.5 Å². The van der Waals surface area contributed by atoms with E-state index in [0.717, 1.165) is 5.56 Å². The fourth-order valence-corrected chi connectivity index (χ4v) is 4.02. The van der Waals surface area contributed by atoms with E-state index < -0.39 is 22.0 Å². The Morgan fingerprint density at radius 3 is 2.37 bits per heavy atom. The molecule has 0 saturated carbocycles. The molecule has 10 heteroatoms. The lowest BCUT2D eigenvalue weighted by molar-refractivity contribution is -0.122. The van der Waals surface area contributed by atoms with Gasteiger partial charge in [0.2, 0.25) is 21.8 Å². The van der Waals surface area contributed by atoms with Crippen LogP contribution in [-0.2, 0) is 26.2 Å². The first kappa shape index (κ1) is 21.6. The molecule has 2 amide bonds. The predicted octanol–water partition coefficient (Wildman–Crippen LogP) is 1.40. The molecule has 2 aromatic rings. The van der Waals surface area contributed by atoms with Crippen molar-refractivity contribution in [2.24, 2.45) is 0 Å². The molecule has 3 N–H and O–H groups in total. The van der Waals surface area contributed by atoms with Crippen molar-refractivity contribution in [2.75, 3.05) is 18.5 Å². The van der Waals surface area contributed by atoms with Crippen molar-refractivity contribution in [3.05, 3.63) is 48.0 Å². The van der Waals surface area contributed by atoms with Crippen molar-refractivity contribution in [1.29, 1.82) is 0 Å². The molecule has 0 radical (unpaired) electrons. The van der Waals surface area contributed by atoms with Crippen LogP contribution < -0.4 is 24.8 Å². The van der Waals surface area contributed by atoms with Crippen LogP contribution in [0.1, 0.15) is 19.4 Å². The minimum Gasteiger partial charge on any atom is -0.486 e. The topological polar surface area (TPSA) is 123 Å². The molecule has 0 unspecified atom stereocenters. The maximum atomic E-state index is 12.5. The van der Waals surface area contributed by atoms with Crippen LogP contribution >= 0.6 is 0 Å². The fourth-order valence-electron chi connectivity index (χ4n) is 2.81. The van der Waals surface area contributed by atoms with Crippen LogP contribution in [0.4, 0.5) is 5.69 Å². The number of benzene rings is 2. The highest BCUT2D eigenvalue weighted by Crippen LogP contribution is 2.30. The third-order valence-corrected chi connectivity index (χ3v) is 5.84. The lowest BCUT2D eigenvalue weighted by Gasteiger charge is -2.19. The van der Waals surface area contributed by atoms with Crippen molar-refractivity contribution >= 4 is 27.5 Å². The number of hydrogen-bond acceptors (Lipinski definition) is 6. The molecule has 1 aliphatic rings. The number of nitrogens with one attached hydrogen (secondary N) is 3. The number of amides is 2. The molecular formula is C20H23N3O6S. The van der Waals surface area contributed by atoms with Crippen molar-refractivity contribution in [3.8, 4) is 11.5 Å². The first-order valence-corrected chi connectivity index (χ1v) is 10.8. The molecule has 0 aliphatic carbocycles. The van der Waals surface area contributed by atoms with Crippen molar-refractivity contribution in [1.82, 2.24) is 10.0 Å². The van der Waals surface area contributed by atoms with Gasteiger partial charge in [0.25, 0.3) is 0 Å². The van der Waals surface area contributed by atoms with E-state index in [1.165, 1.54) is 38.1 Å². The van der Waals surface area contributed by atoms with E-state index in [2.05, 4.69) is 15.4 Å². The zero-order valence-electron chi connectivity index (χ0n) is 16.6. The van der Waals surface area contributed by atoms with E-state index in [1.54, 1.807) is 18.2 Å². The maximum Gasteiger partial charge on any atom is 0.241 e. The number of carbonyl (C=O) groups excluding carboxylic acids is 2. The normalized spacial score (nSPS) is 13.9. The zero-order chi connectivity index (χ0) is 21.7. The van der Waals surface area contributed by atoms with Gasteiger partial charge in [0.05, 0.1) is 10.9 Å². The van der Waals surface area contributed by atoms with Crippen LogP contribution in [0.5, 0.6) is 11.5 Å². The van der Waals surface area contributed by atoms with Gasteiger partial charge in [0, 0.05) is 19.2 Å². The molecule has 0 saturated heterocycles.